The van der Waals surface area contributed by atoms with Gasteiger partial charge >= 0.3 is 0 Å². The van der Waals surface area contributed by atoms with Crippen LogP contribution in [-0.4, -0.2) is 31.8 Å². The van der Waals surface area contributed by atoms with Crippen molar-refractivity contribution in [3.05, 3.63) is 53.1 Å². The van der Waals surface area contributed by atoms with E-state index in [2.05, 4.69) is 52.3 Å². The van der Waals surface area contributed by atoms with E-state index < -0.39 is 0 Å². The topological polar surface area (TPSA) is 74.8 Å². The molecule has 0 unspecified atom stereocenters. The average molecular weight is 542 g/mol. The summed E-state index contributed by atoms with van der Waals surface area (Å²) in [5.41, 5.74) is 4.13. The summed E-state index contributed by atoms with van der Waals surface area (Å²) in [4.78, 5) is 17.4. The summed E-state index contributed by atoms with van der Waals surface area (Å²) in [5, 5.41) is 9.48. The summed E-state index contributed by atoms with van der Waals surface area (Å²) in [7, 11) is 1.58. The fourth-order valence-electron chi connectivity index (χ4n) is 2.83. The molecule has 0 spiro atoms. The lowest BCUT2D eigenvalue weighted by Gasteiger charge is -2.14. The van der Waals surface area contributed by atoms with Gasteiger partial charge in [-0.3, -0.25) is 4.79 Å². The van der Waals surface area contributed by atoms with Crippen molar-refractivity contribution in [3.8, 4) is 5.75 Å². The van der Waals surface area contributed by atoms with E-state index in [0.29, 0.717) is 24.5 Å². The Bertz CT molecular complexity index is 874. The maximum absolute atomic E-state index is 11.4. The Labute approximate surface area is 200 Å². The number of rotatable bonds is 8. The molecule has 0 bridgehead atoms. The first-order valence-corrected chi connectivity index (χ1v) is 10.8. The van der Waals surface area contributed by atoms with E-state index in [0.717, 1.165) is 18.1 Å². The average Bonchev–Trinajstić information content (AvgIpc) is 2.70. The summed E-state index contributed by atoms with van der Waals surface area (Å²) in [6, 6.07) is 12.2. The van der Waals surface area contributed by atoms with Gasteiger partial charge in [0.1, 0.15) is 5.75 Å². The van der Waals surface area contributed by atoms with Gasteiger partial charge in [-0.05, 0) is 55.0 Å². The molecule has 0 aromatic heterocycles. The third-order valence-corrected chi connectivity index (χ3v) is 5.05. The Morgan fingerprint density at radius 2 is 1.93 bits per heavy atom. The molecule has 2 aromatic rings. The molecular formula is C22H31IN4O2S. The van der Waals surface area contributed by atoms with E-state index in [9.17, 15) is 4.79 Å². The van der Waals surface area contributed by atoms with Crippen LogP contribution in [0.25, 0.3) is 0 Å². The Balaban J connectivity index is 0.00000450. The summed E-state index contributed by atoms with van der Waals surface area (Å²) < 4.78 is 5.31. The van der Waals surface area contributed by atoms with Gasteiger partial charge in [0, 0.05) is 24.9 Å². The van der Waals surface area contributed by atoms with E-state index in [1.54, 1.807) is 18.9 Å². The molecule has 1 amide bonds. The van der Waals surface area contributed by atoms with Crippen LogP contribution in [0.1, 0.15) is 30.5 Å². The van der Waals surface area contributed by atoms with Gasteiger partial charge in [-0.25, -0.2) is 4.99 Å². The highest BCUT2D eigenvalue weighted by Gasteiger charge is 2.07. The SMILES string of the molecule is CCNC(=NCc1ccc(OC)c(NC(C)=O)c1)NCc1ccc(C)cc1SC.I. The largest absolute Gasteiger partial charge is 0.495 e. The number of halogens is 1. The second kappa shape index (κ2) is 13.4. The number of carbonyl (C=O) groups is 1. The zero-order chi connectivity index (χ0) is 21.2. The number of carbonyl (C=O) groups excluding carboxylic acids is 1. The zero-order valence-electron chi connectivity index (χ0n) is 18.2. The molecule has 6 nitrogen and oxygen atoms in total. The fraction of sp³-hybridized carbons (Fsp3) is 0.364. The van der Waals surface area contributed by atoms with Crippen molar-refractivity contribution < 1.29 is 9.53 Å². The quantitative estimate of drug-likeness (QED) is 0.198. The van der Waals surface area contributed by atoms with Gasteiger partial charge in [0.25, 0.3) is 0 Å². The van der Waals surface area contributed by atoms with E-state index in [4.69, 9.17) is 4.74 Å². The minimum atomic E-state index is -0.137. The van der Waals surface area contributed by atoms with Crippen LogP contribution in [0.15, 0.2) is 46.3 Å². The van der Waals surface area contributed by atoms with Crippen LogP contribution >= 0.6 is 35.7 Å². The predicted molar refractivity (Wildman–Crippen MR) is 137 cm³/mol. The van der Waals surface area contributed by atoms with Gasteiger partial charge in [0.2, 0.25) is 5.91 Å². The van der Waals surface area contributed by atoms with Crippen LogP contribution < -0.4 is 20.7 Å². The maximum atomic E-state index is 11.4. The van der Waals surface area contributed by atoms with Crippen molar-refractivity contribution in [2.75, 3.05) is 25.2 Å². The predicted octanol–water partition coefficient (Wildman–Crippen LogP) is 4.56. The minimum Gasteiger partial charge on any atom is -0.495 e. The number of ether oxygens (including phenoxy) is 1. The molecular weight excluding hydrogens is 511 g/mol. The molecule has 0 heterocycles. The molecule has 3 N–H and O–H groups in total. The highest BCUT2D eigenvalue weighted by atomic mass is 127. The number of benzene rings is 2. The Morgan fingerprint density at radius 1 is 1.17 bits per heavy atom. The lowest BCUT2D eigenvalue weighted by molar-refractivity contribution is -0.114. The molecule has 2 rings (SSSR count). The van der Waals surface area contributed by atoms with Gasteiger partial charge in [-0.15, -0.1) is 35.7 Å². The van der Waals surface area contributed by atoms with Crippen molar-refractivity contribution in [1.29, 1.82) is 0 Å². The monoisotopic (exact) mass is 542 g/mol. The highest BCUT2D eigenvalue weighted by molar-refractivity contribution is 14.0. The number of anilines is 1. The van der Waals surface area contributed by atoms with E-state index >= 15 is 0 Å². The third-order valence-electron chi connectivity index (χ3n) is 4.23. The molecule has 0 aliphatic carbocycles. The van der Waals surface area contributed by atoms with Crippen LogP contribution in [0, 0.1) is 6.92 Å². The lowest BCUT2D eigenvalue weighted by Crippen LogP contribution is -2.36. The fourth-order valence-corrected chi connectivity index (χ4v) is 3.54. The molecule has 2 aromatic carbocycles. The smallest absolute Gasteiger partial charge is 0.221 e. The van der Waals surface area contributed by atoms with Crippen LogP contribution in [0.3, 0.4) is 0 Å². The number of hydrogen-bond acceptors (Lipinski definition) is 4. The lowest BCUT2D eigenvalue weighted by atomic mass is 10.1. The minimum absolute atomic E-state index is 0. The third kappa shape index (κ3) is 8.06. The van der Waals surface area contributed by atoms with Crippen molar-refractivity contribution in [2.24, 2.45) is 4.99 Å². The Hall–Kier alpha value is -1.94. The molecule has 0 radical (unpaired) electrons. The maximum Gasteiger partial charge on any atom is 0.221 e. The van der Waals surface area contributed by atoms with E-state index in [1.165, 1.54) is 22.9 Å². The van der Waals surface area contributed by atoms with Gasteiger partial charge in [0.15, 0.2) is 5.96 Å². The molecule has 0 aliphatic heterocycles. The summed E-state index contributed by atoms with van der Waals surface area (Å²) in [5.74, 6) is 1.24. The van der Waals surface area contributed by atoms with Gasteiger partial charge in [-0.2, -0.15) is 0 Å². The van der Waals surface area contributed by atoms with Crippen LogP contribution in [0.5, 0.6) is 5.75 Å². The molecule has 0 fully saturated rings. The Kier molecular flexibility index (Phi) is 11.6. The number of aliphatic imine (C=N–C) groups is 1. The molecule has 8 heteroatoms. The first kappa shape index (κ1) is 26.1. The summed E-state index contributed by atoms with van der Waals surface area (Å²) >= 11 is 1.75. The van der Waals surface area contributed by atoms with Crippen molar-refractivity contribution >= 4 is 53.3 Å². The number of nitrogens with one attached hydrogen (secondary N) is 3. The number of aryl methyl sites for hydroxylation is 1. The standard InChI is InChI=1S/C22H30N4O2S.HI/c1-6-23-22(25-14-18-9-7-15(2)11-21(18)29-5)24-13-17-8-10-20(28-4)19(12-17)26-16(3)27;/h7-12H,6,13-14H2,1-5H3,(H,26,27)(H2,23,24,25);1H. The van der Waals surface area contributed by atoms with Crippen molar-refractivity contribution in [2.45, 2.75) is 38.8 Å². The number of hydrogen-bond donors (Lipinski definition) is 3. The van der Waals surface area contributed by atoms with Crippen LogP contribution in [0.2, 0.25) is 0 Å². The van der Waals surface area contributed by atoms with Crippen LogP contribution in [0.4, 0.5) is 5.69 Å². The number of nitrogens with zero attached hydrogens (tertiary/aromatic N) is 1. The van der Waals surface area contributed by atoms with Crippen molar-refractivity contribution in [1.82, 2.24) is 10.6 Å². The van der Waals surface area contributed by atoms with Crippen molar-refractivity contribution in [3.63, 3.8) is 0 Å². The van der Waals surface area contributed by atoms with Crippen LogP contribution in [-0.2, 0) is 17.9 Å². The summed E-state index contributed by atoms with van der Waals surface area (Å²) in [6.45, 7) is 7.57. The molecule has 0 saturated carbocycles. The number of amides is 1. The number of thioether (sulfide) groups is 1. The van der Waals surface area contributed by atoms with Gasteiger partial charge < -0.3 is 20.7 Å². The second-order valence-electron chi connectivity index (χ2n) is 6.58. The summed E-state index contributed by atoms with van der Waals surface area (Å²) in [6.07, 6.45) is 2.09. The van der Waals surface area contributed by atoms with Gasteiger partial charge in [0.05, 0.1) is 19.3 Å². The zero-order valence-corrected chi connectivity index (χ0v) is 21.3. The Morgan fingerprint density at radius 3 is 2.57 bits per heavy atom. The second-order valence-corrected chi connectivity index (χ2v) is 7.43. The first-order valence-electron chi connectivity index (χ1n) is 9.57. The number of methoxy groups -OCH3 is 1. The van der Waals surface area contributed by atoms with Gasteiger partial charge in [-0.1, -0.05) is 18.2 Å². The first-order chi connectivity index (χ1) is 14.0. The molecule has 30 heavy (non-hydrogen) atoms. The normalized spacial score (nSPS) is 10.8. The molecule has 0 atom stereocenters. The molecule has 0 aliphatic rings. The molecule has 164 valence electrons. The van der Waals surface area contributed by atoms with E-state index in [1.807, 2.05) is 25.1 Å². The molecule has 0 saturated heterocycles. The highest BCUT2D eigenvalue weighted by Crippen LogP contribution is 2.26. The van der Waals surface area contributed by atoms with E-state index in [-0.39, 0.29) is 29.9 Å². The number of guanidine groups is 1.